The van der Waals surface area contributed by atoms with Crippen molar-refractivity contribution in [2.24, 2.45) is 0 Å². The number of rotatable bonds is 2. The Morgan fingerprint density at radius 1 is 1.15 bits per heavy atom. The first-order valence-electron chi connectivity index (χ1n) is 6.77. The van der Waals surface area contributed by atoms with Crippen molar-refractivity contribution >= 4 is 17.5 Å². The van der Waals surface area contributed by atoms with Gasteiger partial charge in [0, 0.05) is 10.6 Å². The molecule has 100 valence electrons. The summed E-state index contributed by atoms with van der Waals surface area (Å²) in [5.74, 6) is 0.661. The summed E-state index contributed by atoms with van der Waals surface area (Å²) in [5, 5.41) is 5.31. The second-order valence-electron chi connectivity index (χ2n) is 5.09. The Hall–Kier alpha value is -1.88. The van der Waals surface area contributed by atoms with Crippen LogP contribution in [-0.4, -0.2) is 19.6 Å². The van der Waals surface area contributed by atoms with Crippen LogP contribution in [0.25, 0.3) is 5.78 Å². The van der Waals surface area contributed by atoms with E-state index in [4.69, 9.17) is 0 Å². The predicted molar refractivity (Wildman–Crippen MR) is 78.1 cm³/mol. The third kappa shape index (κ3) is 1.98. The lowest BCUT2D eigenvalue weighted by Crippen LogP contribution is -1.97. The molecule has 4 rings (SSSR count). The van der Waals surface area contributed by atoms with Gasteiger partial charge in [-0.15, -0.1) is 0 Å². The van der Waals surface area contributed by atoms with Crippen LogP contribution in [-0.2, 0) is 12.8 Å². The summed E-state index contributed by atoms with van der Waals surface area (Å²) < 4.78 is 1.80. The van der Waals surface area contributed by atoms with Crippen molar-refractivity contribution in [2.45, 2.75) is 36.1 Å². The van der Waals surface area contributed by atoms with E-state index >= 15 is 0 Å². The van der Waals surface area contributed by atoms with E-state index in [1.54, 1.807) is 22.6 Å². The van der Waals surface area contributed by atoms with Crippen LogP contribution < -0.4 is 0 Å². The molecule has 0 N–H and O–H groups in total. The molecule has 1 aliphatic carbocycles. The fourth-order valence-electron chi connectivity index (χ4n) is 2.70. The van der Waals surface area contributed by atoms with E-state index in [0.29, 0.717) is 5.78 Å². The highest BCUT2D eigenvalue weighted by molar-refractivity contribution is 7.99. The minimum absolute atomic E-state index is 0.661. The number of hydrogen-bond acceptors (Lipinski definition) is 4. The molecule has 0 spiro atoms. The van der Waals surface area contributed by atoms with Crippen LogP contribution in [0.3, 0.4) is 0 Å². The summed E-state index contributed by atoms with van der Waals surface area (Å²) in [4.78, 5) is 9.80. The lowest BCUT2D eigenvalue weighted by Gasteiger charge is -2.07. The van der Waals surface area contributed by atoms with Crippen LogP contribution in [0.5, 0.6) is 0 Å². The number of aryl methyl sites for hydroxylation is 3. The molecule has 0 bridgehead atoms. The molecule has 1 aliphatic rings. The molecular weight excluding hydrogens is 268 g/mol. The second kappa shape index (κ2) is 4.59. The number of nitrogens with zero attached hydrogens (tertiary/aromatic N) is 4. The number of fused-ring (bicyclic) bond motifs is 2. The minimum atomic E-state index is 0.661. The van der Waals surface area contributed by atoms with Crippen molar-refractivity contribution in [2.75, 3.05) is 0 Å². The molecular formula is C15H14N4S. The fraction of sp³-hybridized carbons (Fsp3) is 0.267. The average Bonchev–Trinajstić information content (AvgIpc) is 3.05. The highest BCUT2D eigenvalue weighted by Gasteiger charge is 2.12. The van der Waals surface area contributed by atoms with Gasteiger partial charge in [-0.3, -0.25) is 0 Å². The Labute approximate surface area is 121 Å². The summed E-state index contributed by atoms with van der Waals surface area (Å²) in [6.07, 6.45) is 5.26. The van der Waals surface area contributed by atoms with E-state index in [9.17, 15) is 0 Å². The molecule has 5 heteroatoms. The topological polar surface area (TPSA) is 43.1 Å². The molecule has 20 heavy (non-hydrogen) atoms. The Morgan fingerprint density at radius 2 is 2.05 bits per heavy atom. The van der Waals surface area contributed by atoms with Gasteiger partial charge < -0.3 is 0 Å². The number of hydrogen-bond donors (Lipinski definition) is 0. The van der Waals surface area contributed by atoms with Crippen LogP contribution in [0.4, 0.5) is 0 Å². The monoisotopic (exact) mass is 282 g/mol. The second-order valence-corrected chi connectivity index (χ2v) is 6.19. The van der Waals surface area contributed by atoms with Gasteiger partial charge in [-0.1, -0.05) is 17.8 Å². The molecule has 1 aromatic carbocycles. The van der Waals surface area contributed by atoms with Crippen LogP contribution in [0.1, 0.15) is 23.2 Å². The van der Waals surface area contributed by atoms with Crippen molar-refractivity contribution in [3.8, 4) is 0 Å². The maximum absolute atomic E-state index is 4.37. The van der Waals surface area contributed by atoms with Crippen molar-refractivity contribution in [3.05, 3.63) is 47.4 Å². The van der Waals surface area contributed by atoms with Gasteiger partial charge in [0.25, 0.3) is 5.78 Å². The summed E-state index contributed by atoms with van der Waals surface area (Å²) in [6.45, 7) is 1.99. The maximum atomic E-state index is 4.37. The van der Waals surface area contributed by atoms with E-state index in [1.807, 2.05) is 6.92 Å². The maximum Gasteiger partial charge on any atom is 0.253 e. The molecule has 0 aliphatic heterocycles. The predicted octanol–water partition coefficient (Wildman–Crippen LogP) is 3.07. The lowest BCUT2D eigenvalue weighted by molar-refractivity contribution is 0.833. The Bertz CT molecular complexity index is 794. The lowest BCUT2D eigenvalue weighted by atomic mass is 10.1. The molecule has 0 amide bonds. The highest BCUT2D eigenvalue weighted by Crippen LogP contribution is 2.32. The van der Waals surface area contributed by atoms with E-state index in [0.717, 1.165) is 10.7 Å². The summed E-state index contributed by atoms with van der Waals surface area (Å²) in [7, 11) is 0. The summed E-state index contributed by atoms with van der Waals surface area (Å²) >= 11 is 1.72. The third-order valence-electron chi connectivity index (χ3n) is 3.64. The smallest absolute Gasteiger partial charge is 0.216 e. The molecule has 0 fully saturated rings. The van der Waals surface area contributed by atoms with Crippen LogP contribution >= 0.6 is 11.8 Å². The third-order valence-corrected chi connectivity index (χ3v) is 4.63. The van der Waals surface area contributed by atoms with Crippen molar-refractivity contribution in [1.29, 1.82) is 0 Å². The molecule has 0 unspecified atom stereocenters. The van der Waals surface area contributed by atoms with Gasteiger partial charge in [0.15, 0.2) is 0 Å². The summed E-state index contributed by atoms with van der Waals surface area (Å²) in [6, 6.07) is 8.83. The van der Waals surface area contributed by atoms with E-state index in [-0.39, 0.29) is 0 Å². The Morgan fingerprint density at radius 3 is 3.00 bits per heavy atom. The van der Waals surface area contributed by atoms with Crippen LogP contribution in [0.2, 0.25) is 0 Å². The Kier molecular flexibility index (Phi) is 2.73. The van der Waals surface area contributed by atoms with Crippen molar-refractivity contribution < 1.29 is 0 Å². The van der Waals surface area contributed by atoms with E-state index < -0.39 is 0 Å². The summed E-state index contributed by atoms with van der Waals surface area (Å²) in [5.41, 5.74) is 3.97. The van der Waals surface area contributed by atoms with Gasteiger partial charge in [0.2, 0.25) is 0 Å². The van der Waals surface area contributed by atoms with Gasteiger partial charge >= 0.3 is 0 Å². The molecule has 0 saturated carbocycles. The molecule has 0 saturated heterocycles. The van der Waals surface area contributed by atoms with Gasteiger partial charge in [0.1, 0.15) is 11.4 Å². The van der Waals surface area contributed by atoms with Crippen LogP contribution in [0.15, 0.2) is 40.5 Å². The van der Waals surface area contributed by atoms with Crippen LogP contribution in [0, 0.1) is 6.92 Å². The molecule has 2 heterocycles. The largest absolute Gasteiger partial charge is 0.253 e. The zero-order valence-corrected chi connectivity index (χ0v) is 12.0. The van der Waals surface area contributed by atoms with E-state index in [1.165, 1.54) is 35.3 Å². The standard InChI is InChI=1S/C15H14N4S/c1-10-7-14(19-15(18-10)16-9-17-19)20-13-6-5-11-3-2-4-12(11)8-13/h5-9H,2-4H2,1H3. The number of aromatic nitrogens is 4. The average molecular weight is 282 g/mol. The van der Waals surface area contributed by atoms with Crippen molar-refractivity contribution in [3.63, 3.8) is 0 Å². The minimum Gasteiger partial charge on any atom is -0.216 e. The van der Waals surface area contributed by atoms with Crippen molar-refractivity contribution in [1.82, 2.24) is 19.6 Å². The van der Waals surface area contributed by atoms with E-state index in [2.05, 4.69) is 39.3 Å². The molecule has 2 aromatic heterocycles. The zero-order valence-electron chi connectivity index (χ0n) is 11.2. The van der Waals surface area contributed by atoms with Gasteiger partial charge in [0.05, 0.1) is 0 Å². The number of benzene rings is 1. The first kappa shape index (κ1) is 11.9. The molecule has 0 radical (unpaired) electrons. The molecule has 4 nitrogen and oxygen atoms in total. The first-order chi connectivity index (χ1) is 9.79. The molecule has 3 aromatic rings. The first-order valence-corrected chi connectivity index (χ1v) is 7.58. The fourth-order valence-corrected chi connectivity index (χ4v) is 3.73. The normalized spacial score (nSPS) is 13.8. The molecule has 0 atom stereocenters. The highest BCUT2D eigenvalue weighted by atomic mass is 32.2. The Balaban J connectivity index is 1.75. The van der Waals surface area contributed by atoms with Gasteiger partial charge in [-0.2, -0.15) is 14.6 Å². The SMILES string of the molecule is Cc1cc(Sc2ccc3c(c2)CCC3)n2ncnc2n1. The van der Waals surface area contributed by atoms with Gasteiger partial charge in [-0.25, -0.2) is 4.98 Å². The quantitative estimate of drug-likeness (QED) is 0.677. The zero-order chi connectivity index (χ0) is 13.5. The van der Waals surface area contributed by atoms with Gasteiger partial charge in [-0.05, 0) is 55.5 Å².